The van der Waals surface area contributed by atoms with Gasteiger partial charge >= 0.3 is 0 Å². The van der Waals surface area contributed by atoms with Gasteiger partial charge in [-0.05, 0) is 23.6 Å². The molecule has 5 heteroatoms. The Morgan fingerprint density at radius 1 is 0.957 bits per heavy atom. The lowest BCUT2D eigenvalue weighted by molar-refractivity contribution is 0.0719. The maximum atomic E-state index is 6.18. The average Bonchev–Trinajstić information content (AvgIpc) is 2.60. The van der Waals surface area contributed by atoms with Crippen molar-refractivity contribution in [1.29, 1.82) is 0 Å². The molecule has 0 N–H and O–H groups in total. The summed E-state index contributed by atoms with van der Waals surface area (Å²) in [6, 6.07) is 8.47. The molecule has 1 aromatic rings. The van der Waals surface area contributed by atoms with Crippen LogP contribution in [0.5, 0.6) is 0 Å². The van der Waals surface area contributed by atoms with E-state index in [0.717, 1.165) is 17.1 Å². The second-order valence-electron chi connectivity index (χ2n) is 5.01. The van der Waals surface area contributed by atoms with Crippen LogP contribution >= 0.6 is 47.0 Å². The van der Waals surface area contributed by atoms with Crippen LogP contribution in [0.4, 0.5) is 0 Å². The quantitative estimate of drug-likeness (QED) is 0.393. The number of ether oxygens (including phenoxy) is 1. The van der Waals surface area contributed by atoms with Crippen molar-refractivity contribution in [2.45, 2.75) is 12.7 Å². The van der Waals surface area contributed by atoms with Crippen LogP contribution in [0.15, 0.2) is 30.8 Å². The van der Waals surface area contributed by atoms with Gasteiger partial charge in [0.15, 0.2) is 0 Å². The largest absolute Gasteiger partial charge is 0.372 e. The molecule has 0 unspecified atom stereocenters. The summed E-state index contributed by atoms with van der Waals surface area (Å²) in [5.74, 6) is 7.06. The van der Waals surface area contributed by atoms with Crippen LogP contribution in [0, 0.1) is 0 Å². The Hall–Kier alpha value is 0.320. The fourth-order valence-corrected chi connectivity index (χ4v) is 5.54. The van der Waals surface area contributed by atoms with E-state index in [4.69, 9.17) is 4.74 Å². The van der Waals surface area contributed by atoms with Crippen LogP contribution in [-0.2, 0) is 11.3 Å². The van der Waals surface area contributed by atoms with E-state index in [1.54, 1.807) is 0 Å². The molecule has 0 aliphatic rings. The van der Waals surface area contributed by atoms with Gasteiger partial charge in [0, 0.05) is 34.5 Å². The van der Waals surface area contributed by atoms with Crippen molar-refractivity contribution in [3.8, 4) is 0 Å². The fraction of sp³-hybridized carbons (Fsp3) is 0.556. The number of thioether (sulfide) groups is 4. The van der Waals surface area contributed by atoms with Crippen molar-refractivity contribution in [2.24, 2.45) is 0 Å². The molecular weight excluding hydrogens is 360 g/mol. The van der Waals surface area contributed by atoms with Crippen molar-refractivity contribution in [1.82, 2.24) is 0 Å². The molecule has 0 saturated heterocycles. The highest BCUT2D eigenvalue weighted by Crippen LogP contribution is 2.16. The third-order valence-electron chi connectivity index (χ3n) is 3.17. The third-order valence-corrected chi connectivity index (χ3v) is 7.11. The molecule has 0 fully saturated rings. The summed E-state index contributed by atoms with van der Waals surface area (Å²) in [6.07, 6.45) is 6.55. The highest BCUT2D eigenvalue weighted by atomic mass is 32.2. The van der Waals surface area contributed by atoms with Crippen LogP contribution in [0.2, 0.25) is 0 Å². The Morgan fingerprint density at radius 3 is 2.00 bits per heavy atom. The smallest absolute Gasteiger partial charge is 0.0760 e. The Bertz CT molecular complexity index is 396. The zero-order chi connectivity index (χ0) is 16.8. The van der Waals surface area contributed by atoms with E-state index in [9.17, 15) is 0 Å². The fourth-order valence-electron chi connectivity index (χ4n) is 1.82. The molecule has 1 nitrogen and oxygen atoms in total. The SMILES string of the molecule is C=Cc1ccc(COC(CSCCSC)CSCCSC)cc1. The molecule has 0 amide bonds. The first kappa shape index (κ1) is 21.4. The number of hydrogen-bond acceptors (Lipinski definition) is 5. The lowest BCUT2D eigenvalue weighted by Gasteiger charge is -2.17. The normalized spacial score (nSPS) is 11.1. The molecule has 0 radical (unpaired) electrons. The number of rotatable bonds is 14. The summed E-state index contributed by atoms with van der Waals surface area (Å²) in [7, 11) is 0. The second kappa shape index (κ2) is 14.6. The predicted molar refractivity (Wildman–Crippen MR) is 117 cm³/mol. The van der Waals surface area contributed by atoms with E-state index >= 15 is 0 Å². The predicted octanol–water partition coefficient (Wildman–Crippen LogP) is 5.41. The van der Waals surface area contributed by atoms with E-state index in [2.05, 4.69) is 43.4 Å². The Kier molecular flexibility index (Phi) is 13.6. The number of benzene rings is 1. The molecule has 0 bridgehead atoms. The van der Waals surface area contributed by atoms with Gasteiger partial charge in [0.05, 0.1) is 12.7 Å². The monoisotopic (exact) mass is 388 g/mol. The van der Waals surface area contributed by atoms with Crippen LogP contribution < -0.4 is 0 Å². The third kappa shape index (κ3) is 10.7. The van der Waals surface area contributed by atoms with E-state index in [1.807, 2.05) is 53.1 Å². The zero-order valence-corrected chi connectivity index (χ0v) is 17.4. The lowest BCUT2D eigenvalue weighted by atomic mass is 10.1. The highest BCUT2D eigenvalue weighted by molar-refractivity contribution is 8.03. The molecule has 0 aliphatic heterocycles. The van der Waals surface area contributed by atoms with Crippen molar-refractivity contribution in [3.63, 3.8) is 0 Å². The van der Waals surface area contributed by atoms with Crippen LogP contribution in [0.25, 0.3) is 6.08 Å². The summed E-state index contributed by atoms with van der Waals surface area (Å²) in [5.41, 5.74) is 2.40. The van der Waals surface area contributed by atoms with Gasteiger partial charge in [-0.3, -0.25) is 0 Å². The lowest BCUT2D eigenvalue weighted by Crippen LogP contribution is -2.20. The molecule has 0 heterocycles. The molecule has 0 aliphatic carbocycles. The molecule has 1 rings (SSSR count). The Balaban J connectivity index is 2.37. The first-order valence-electron chi connectivity index (χ1n) is 7.76. The van der Waals surface area contributed by atoms with E-state index < -0.39 is 0 Å². The summed E-state index contributed by atoms with van der Waals surface area (Å²) >= 11 is 7.85. The van der Waals surface area contributed by atoms with Gasteiger partial charge in [-0.1, -0.05) is 36.9 Å². The summed E-state index contributed by atoms with van der Waals surface area (Å²) in [4.78, 5) is 0. The highest BCUT2D eigenvalue weighted by Gasteiger charge is 2.10. The standard InChI is InChI=1S/C18H28OS4/c1-4-16-5-7-17(8-6-16)13-19-18(14-22-11-9-20-2)15-23-12-10-21-3/h4-8,18H,1,9-15H2,2-3H3. The van der Waals surface area contributed by atoms with Gasteiger partial charge < -0.3 is 4.74 Å². The molecule has 0 spiro atoms. The zero-order valence-electron chi connectivity index (χ0n) is 14.2. The molecule has 1 aromatic carbocycles. The molecular formula is C18H28OS4. The van der Waals surface area contributed by atoms with Gasteiger partial charge in [-0.15, -0.1) is 0 Å². The molecule has 0 saturated carbocycles. The van der Waals surface area contributed by atoms with Gasteiger partial charge in [0.25, 0.3) is 0 Å². The first-order valence-corrected chi connectivity index (χ1v) is 12.9. The maximum absolute atomic E-state index is 6.18. The average molecular weight is 389 g/mol. The van der Waals surface area contributed by atoms with E-state index in [1.165, 1.54) is 28.6 Å². The van der Waals surface area contributed by atoms with E-state index in [-0.39, 0.29) is 0 Å². The second-order valence-corrected chi connectivity index (χ2v) is 9.29. The summed E-state index contributed by atoms with van der Waals surface area (Å²) in [6.45, 7) is 4.49. The van der Waals surface area contributed by atoms with Crippen LogP contribution in [-0.4, -0.2) is 53.1 Å². The van der Waals surface area contributed by atoms with Crippen molar-refractivity contribution < 1.29 is 4.74 Å². The molecule has 130 valence electrons. The van der Waals surface area contributed by atoms with Gasteiger partial charge in [-0.2, -0.15) is 47.0 Å². The minimum atomic E-state index is 0.341. The Morgan fingerprint density at radius 2 is 1.52 bits per heavy atom. The van der Waals surface area contributed by atoms with Crippen molar-refractivity contribution in [2.75, 3.05) is 47.0 Å². The summed E-state index contributed by atoms with van der Waals surface area (Å²) in [5, 5.41) is 0. The van der Waals surface area contributed by atoms with Crippen LogP contribution in [0.3, 0.4) is 0 Å². The van der Waals surface area contributed by atoms with E-state index in [0.29, 0.717) is 12.7 Å². The maximum Gasteiger partial charge on any atom is 0.0760 e. The summed E-state index contributed by atoms with van der Waals surface area (Å²) < 4.78 is 6.18. The van der Waals surface area contributed by atoms with Crippen molar-refractivity contribution >= 4 is 53.1 Å². The van der Waals surface area contributed by atoms with Crippen molar-refractivity contribution in [3.05, 3.63) is 42.0 Å². The minimum absolute atomic E-state index is 0.341. The van der Waals surface area contributed by atoms with Gasteiger partial charge in [-0.25, -0.2) is 0 Å². The van der Waals surface area contributed by atoms with Crippen LogP contribution in [0.1, 0.15) is 11.1 Å². The van der Waals surface area contributed by atoms with Gasteiger partial charge in [0.1, 0.15) is 0 Å². The molecule has 0 aromatic heterocycles. The number of hydrogen-bond donors (Lipinski definition) is 0. The van der Waals surface area contributed by atoms with Gasteiger partial charge in [0.2, 0.25) is 0 Å². The molecule has 23 heavy (non-hydrogen) atoms. The Labute approximate surface area is 159 Å². The first-order chi connectivity index (χ1) is 11.3. The topological polar surface area (TPSA) is 9.23 Å². The molecule has 0 atom stereocenters. The minimum Gasteiger partial charge on any atom is -0.372 e.